The quantitative estimate of drug-likeness (QED) is 0.881. The predicted molar refractivity (Wildman–Crippen MR) is 72.4 cm³/mol. The maximum absolute atomic E-state index is 13.6. The van der Waals surface area contributed by atoms with Crippen molar-refractivity contribution in [3.8, 4) is 0 Å². The van der Waals surface area contributed by atoms with Crippen LogP contribution in [0.4, 0.5) is 4.39 Å². The van der Waals surface area contributed by atoms with Crippen LogP contribution in [-0.4, -0.2) is 29.4 Å². The number of nitrogens with one attached hydrogen (secondary N) is 1. The molecule has 1 heterocycles. The number of rotatable bonds is 4. The maximum Gasteiger partial charge on any atom is 0.249 e. The maximum atomic E-state index is 13.6. The molecule has 2 rings (SSSR count). The molecule has 0 aliphatic carbocycles. The van der Waals surface area contributed by atoms with Crippen molar-refractivity contribution in [3.05, 3.63) is 35.6 Å². The Kier molecular flexibility index (Phi) is 4.73. The smallest absolute Gasteiger partial charge is 0.249 e. The molecule has 1 aliphatic rings. The van der Waals surface area contributed by atoms with Gasteiger partial charge in [0.2, 0.25) is 5.91 Å². The number of carbonyl (C=O) groups is 1. The van der Waals surface area contributed by atoms with E-state index in [1.54, 1.807) is 18.2 Å². The molecule has 110 valence electrons. The fraction of sp³-hybridized carbons (Fsp3) is 0.533. The van der Waals surface area contributed by atoms with Gasteiger partial charge in [-0.05, 0) is 24.0 Å². The molecule has 0 spiro atoms. The number of benzene rings is 1. The molecule has 0 aromatic heterocycles. The summed E-state index contributed by atoms with van der Waals surface area (Å²) in [5, 5.41) is 12.7. The summed E-state index contributed by atoms with van der Waals surface area (Å²) in [4.78, 5) is 11.9. The van der Waals surface area contributed by atoms with E-state index in [1.165, 1.54) is 6.07 Å². The second kappa shape index (κ2) is 6.33. The van der Waals surface area contributed by atoms with Gasteiger partial charge in [0, 0.05) is 6.42 Å². The van der Waals surface area contributed by atoms with Crippen LogP contribution in [0.25, 0.3) is 0 Å². The molecule has 1 aromatic rings. The first-order chi connectivity index (χ1) is 9.47. The third-order valence-electron chi connectivity index (χ3n) is 3.35. The summed E-state index contributed by atoms with van der Waals surface area (Å²) >= 11 is 0. The first-order valence-electron chi connectivity index (χ1n) is 6.84. The molecule has 1 saturated heterocycles. The first-order valence-corrected chi connectivity index (χ1v) is 6.84. The van der Waals surface area contributed by atoms with Gasteiger partial charge in [0.1, 0.15) is 11.9 Å². The molecule has 3 atom stereocenters. The molecular weight excluding hydrogens is 261 g/mol. The highest BCUT2D eigenvalue weighted by molar-refractivity contribution is 5.81. The van der Waals surface area contributed by atoms with Gasteiger partial charge in [-0.25, -0.2) is 4.39 Å². The minimum Gasteiger partial charge on any atom is -0.366 e. The number of morpholine rings is 1. The minimum absolute atomic E-state index is 0.202. The number of amides is 1. The van der Waals surface area contributed by atoms with Gasteiger partial charge in [-0.15, -0.1) is 0 Å². The number of aliphatic hydroxyl groups excluding tert-OH is 1. The minimum atomic E-state index is -1.11. The van der Waals surface area contributed by atoms with E-state index in [4.69, 9.17) is 4.74 Å². The lowest BCUT2D eigenvalue weighted by Gasteiger charge is -2.34. The number of carbonyl (C=O) groups excluding carboxylic acids is 1. The van der Waals surface area contributed by atoms with Gasteiger partial charge in [0.05, 0.1) is 6.04 Å². The Balaban J connectivity index is 2.01. The van der Waals surface area contributed by atoms with Crippen molar-refractivity contribution in [3.63, 3.8) is 0 Å². The molecule has 0 saturated carbocycles. The number of hydrogen-bond donors (Lipinski definition) is 2. The van der Waals surface area contributed by atoms with Crippen LogP contribution < -0.4 is 5.32 Å². The van der Waals surface area contributed by atoms with Crippen LogP contribution in [0.15, 0.2) is 24.3 Å². The van der Waals surface area contributed by atoms with Gasteiger partial charge in [0.15, 0.2) is 6.29 Å². The molecule has 1 aliphatic heterocycles. The monoisotopic (exact) mass is 281 g/mol. The van der Waals surface area contributed by atoms with Crippen molar-refractivity contribution in [2.45, 2.75) is 45.1 Å². The summed E-state index contributed by atoms with van der Waals surface area (Å²) in [6, 6.07) is 5.69. The molecule has 2 N–H and O–H groups in total. The zero-order valence-electron chi connectivity index (χ0n) is 11.7. The number of ether oxygens (including phenoxy) is 1. The van der Waals surface area contributed by atoms with Gasteiger partial charge in [0.25, 0.3) is 0 Å². The molecule has 1 unspecified atom stereocenters. The van der Waals surface area contributed by atoms with Crippen LogP contribution in [0.2, 0.25) is 0 Å². The van der Waals surface area contributed by atoms with Crippen molar-refractivity contribution in [2.75, 3.05) is 0 Å². The number of halogens is 1. The highest BCUT2D eigenvalue weighted by Gasteiger charge is 2.35. The van der Waals surface area contributed by atoms with Crippen LogP contribution in [0.5, 0.6) is 0 Å². The van der Waals surface area contributed by atoms with Crippen LogP contribution in [-0.2, 0) is 16.0 Å². The topological polar surface area (TPSA) is 58.6 Å². The third kappa shape index (κ3) is 3.55. The van der Waals surface area contributed by atoms with Gasteiger partial charge >= 0.3 is 0 Å². The molecule has 0 bridgehead atoms. The van der Waals surface area contributed by atoms with E-state index in [-0.39, 0.29) is 18.1 Å². The molecule has 1 fully saturated rings. The zero-order valence-corrected chi connectivity index (χ0v) is 11.7. The summed E-state index contributed by atoms with van der Waals surface area (Å²) in [5.74, 6) is -0.301. The lowest BCUT2D eigenvalue weighted by Crippen LogP contribution is -2.57. The average Bonchev–Trinajstić information content (AvgIpc) is 2.37. The molecule has 1 aromatic carbocycles. The van der Waals surface area contributed by atoms with Crippen molar-refractivity contribution >= 4 is 5.91 Å². The van der Waals surface area contributed by atoms with Crippen molar-refractivity contribution in [2.24, 2.45) is 5.92 Å². The first kappa shape index (κ1) is 14.9. The highest BCUT2D eigenvalue weighted by atomic mass is 19.1. The Labute approximate surface area is 117 Å². The highest BCUT2D eigenvalue weighted by Crippen LogP contribution is 2.19. The average molecular weight is 281 g/mol. The summed E-state index contributed by atoms with van der Waals surface area (Å²) in [7, 11) is 0. The van der Waals surface area contributed by atoms with Gasteiger partial charge < -0.3 is 15.2 Å². The Morgan fingerprint density at radius 1 is 1.40 bits per heavy atom. The molecule has 20 heavy (non-hydrogen) atoms. The lowest BCUT2D eigenvalue weighted by molar-refractivity contribution is -0.191. The summed E-state index contributed by atoms with van der Waals surface area (Å²) in [6.45, 7) is 3.96. The second-order valence-electron chi connectivity index (χ2n) is 5.56. The van der Waals surface area contributed by atoms with Crippen LogP contribution in [0.3, 0.4) is 0 Å². The van der Waals surface area contributed by atoms with E-state index < -0.39 is 18.4 Å². The Hall–Kier alpha value is -1.46. The van der Waals surface area contributed by atoms with E-state index >= 15 is 0 Å². The van der Waals surface area contributed by atoms with Crippen LogP contribution >= 0.6 is 0 Å². The summed E-state index contributed by atoms with van der Waals surface area (Å²) in [6.07, 6.45) is -0.999. The lowest BCUT2D eigenvalue weighted by atomic mass is 10.00. The van der Waals surface area contributed by atoms with Crippen molar-refractivity contribution < 1.29 is 19.0 Å². The SMILES string of the molecule is CC(C)C[C@@H]1OC(O)[C@H](Cc2ccccc2F)NC1=O. The molecule has 5 heteroatoms. The Morgan fingerprint density at radius 2 is 2.10 bits per heavy atom. The normalized spacial score (nSPS) is 26.6. The van der Waals surface area contributed by atoms with Gasteiger partial charge in [-0.2, -0.15) is 0 Å². The number of aliphatic hydroxyl groups is 1. The Morgan fingerprint density at radius 3 is 2.75 bits per heavy atom. The molecule has 4 nitrogen and oxygen atoms in total. The molecule has 0 radical (unpaired) electrons. The zero-order chi connectivity index (χ0) is 14.7. The van der Waals surface area contributed by atoms with Gasteiger partial charge in [-0.3, -0.25) is 4.79 Å². The second-order valence-corrected chi connectivity index (χ2v) is 5.56. The third-order valence-corrected chi connectivity index (χ3v) is 3.35. The standard InChI is InChI=1S/C15H20FNO3/c1-9(2)7-13-14(18)17-12(15(19)20-13)8-10-5-3-4-6-11(10)16/h3-6,9,12-13,15,19H,7-8H2,1-2H3,(H,17,18)/t12-,13-,15?/m0/s1. The van der Waals surface area contributed by atoms with E-state index in [2.05, 4.69) is 5.32 Å². The fourth-order valence-electron chi connectivity index (χ4n) is 2.32. The van der Waals surface area contributed by atoms with E-state index in [9.17, 15) is 14.3 Å². The van der Waals surface area contributed by atoms with Gasteiger partial charge in [-0.1, -0.05) is 32.0 Å². The predicted octanol–water partition coefficient (Wildman–Crippen LogP) is 1.62. The summed E-state index contributed by atoms with van der Waals surface area (Å²) in [5.41, 5.74) is 0.447. The molecular formula is C15H20FNO3. The number of hydrogen-bond acceptors (Lipinski definition) is 3. The van der Waals surface area contributed by atoms with E-state index in [0.717, 1.165) is 0 Å². The summed E-state index contributed by atoms with van der Waals surface area (Å²) < 4.78 is 18.9. The van der Waals surface area contributed by atoms with E-state index in [1.807, 2.05) is 13.8 Å². The largest absolute Gasteiger partial charge is 0.366 e. The Bertz CT molecular complexity index is 478. The van der Waals surface area contributed by atoms with Crippen molar-refractivity contribution in [1.82, 2.24) is 5.32 Å². The van der Waals surface area contributed by atoms with Crippen LogP contribution in [0.1, 0.15) is 25.8 Å². The van der Waals surface area contributed by atoms with Crippen LogP contribution in [0, 0.1) is 11.7 Å². The molecule has 1 amide bonds. The van der Waals surface area contributed by atoms with Crippen molar-refractivity contribution in [1.29, 1.82) is 0 Å². The van der Waals surface area contributed by atoms with E-state index in [0.29, 0.717) is 17.9 Å². The fourth-order valence-corrected chi connectivity index (χ4v) is 2.32.